The fourth-order valence-corrected chi connectivity index (χ4v) is 5.08. The van der Waals surface area contributed by atoms with Gasteiger partial charge in [0, 0.05) is 29.2 Å². The van der Waals surface area contributed by atoms with E-state index in [9.17, 15) is 0 Å². The van der Waals surface area contributed by atoms with Gasteiger partial charge in [-0.3, -0.25) is 4.90 Å². The first kappa shape index (κ1) is 16.5. The quantitative estimate of drug-likeness (QED) is 0.420. The highest BCUT2D eigenvalue weighted by Crippen LogP contribution is 2.35. The molecule has 0 spiro atoms. The van der Waals surface area contributed by atoms with Crippen molar-refractivity contribution in [3.8, 4) is 11.5 Å². The predicted octanol–water partition coefficient (Wildman–Crippen LogP) is 6.25. The van der Waals surface area contributed by atoms with E-state index in [4.69, 9.17) is 4.74 Å². The summed E-state index contributed by atoms with van der Waals surface area (Å²) < 4.78 is 7.31. The van der Waals surface area contributed by atoms with Crippen molar-refractivity contribution in [1.82, 2.24) is 4.90 Å². The first-order chi connectivity index (χ1) is 13.3. The summed E-state index contributed by atoms with van der Waals surface area (Å²) in [5.41, 5.74) is 2.90. The van der Waals surface area contributed by atoms with Crippen molar-refractivity contribution in [3.05, 3.63) is 94.9 Å². The van der Waals surface area contributed by atoms with Gasteiger partial charge in [0.1, 0.15) is 11.5 Å². The van der Waals surface area contributed by atoms with Crippen LogP contribution in [0.25, 0.3) is 10.1 Å². The fourth-order valence-electron chi connectivity index (χ4n) is 3.78. The number of ether oxygens (including phenoxy) is 1. The highest BCUT2D eigenvalue weighted by atomic mass is 32.1. The Labute approximate surface area is 163 Å². The topological polar surface area (TPSA) is 12.5 Å². The molecule has 0 saturated heterocycles. The Bertz CT molecular complexity index is 1050. The van der Waals surface area contributed by atoms with E-state index in [0.29, 0.717) is 0 Å². The van der Waals surface area contributed by atoms with E-state index in [-0.39, 0.29) is 0 Å². The van der Waals surface area contributed by atoms with Crippen molar-refractivity contribution < 1.29 is 4.74 Å². The standard InChI is InChI=1S/C24H21NOS/c1-2-6-19(7-3-1)26-20-12-10-18(11-13-20)16-25-15-14-22-21-8-4-5-9-23(21)27-24(22)17-25/h1-13H,14-17H2. The van der Waals surface area contributed by atoms with Crippen LogP contribution in [0.5, 0.6) is 11.5 Å². The van der Waals surface area contributed by atoms with Gasteiger partial charge in [-0.1, -0.05) is 48.5 Å². The van der Waals surface area contributed by atoms with Crippen LogP contribution in [0.4, 0.5) is 0 Å². The minimum Gasteiger partial charge on any atom is -0.457 e. The maximum absolute atomic E-state index is 5.89. The third kappa shape index (κ3) is 3.48. The maximum atomic E-state index is 5.89. The number of hydrogen-bond donors (Lipinski definition) is 0. The van der Waals surface area contributed by atoms with Crippen LogP contribution in [0.1, 0.15) is 16.0 Å². The lowest BCUT2D eigenvalue weighted by molar-refractivity contribution is 0.249. The monoisotopic (exact) mass is 371 g/mol. The van der Waals surface area contributed by atoms with Crippen molar-refractivity contribution in [2.75, 3.05) is 6.54 Å². The minimum absolute atomic E-state index is 0.874. The van der Waals surface area contributed by atoms with Crippen molar-refractivity contribution >= 4 is 21.4 Å². The van der Waals surface area contributed by atoms with E-state index in [1.54, 1.807) is 5.56 Å². The molecule has 0 radical (unpaired) electrons. The Balaban J connectivity index is 1.27. The van der Waals surface area contributed by atoms with E-state index in [1.807, 2.05) is 41.7 Å². The number of thiophene rings is 1. The second-order valence-electron chi connectivity index (χ2n) is 7.02. The molecule has 4 aromatic rings. The first-order valence-electron chi connectivity index (χ1n) is 9.39. The van der Waals surface area contributed by atoms with E-state index >= 15 is 0 Å². The number of rotatable bonds is 4. The van der Waals surface area contributed by atoms with Gasteiger partial charge in [-0.15, -0.1) is 11.3 Å². The van der Waals surface area contributed by atoms with Gasteiger partial charge >= 0.3 is 0 Å². The molecule has 1 aromatic heterocycles. The molecule has 1 aliphatic rings. The molecule has 0 aliphatic carbocycles. The molecule has 3 heteroatoms. The molecule has 3 aromatic carbocycles. The van der Waals surface area contributed by atoms with Gasteiger partial charge in [0.25, 0.3) is 0 Å². The summed E-state index contributed by atoms with van der Waals surface area (Å²) in [6.07, 6.45) is 1.15. The summed E-state index contributed by atoms with van der Waals surface area (Å²) in [5, 5.41) is 1.46. The molecular formula is C24H21NOS. The van der Waals surface area contributed by atoms with Gasteiger partial charge < -0.3 is 4.74 Å². The largest absolute Gasteiger partial charge is 0.457 e. The van der Waals surface area contributed by atoms with Crippen LogP contribution < -0.4 is 4.74 Å². The normalized spacial score (nSPS) is 14.2. The Kier molecular flexibility index (Phi) is 4.40. The molecule has 0 fully saturated rings. The molecule has 0 unspecified atom stereocenters. The van der Waals surface area contributed by atoms with Crippen LogP contribution in [-0.4, -0.2) is 11.4 Å². The number of hydrogen-bond acceptors (Lipinski definition) is 3. The minimum atomic E-state index is 0.874. The third-order valence-electron chi connectivity index (χ3n) is 5.14. The Morgan fingerprint density at radius 1 is 0.815 bits per heavy atom. The van der Waals surface area contributed by atoms with Crippen molar-refractivity contribution in [2.24, 2.45) is 0 Å². The molecule has 2 nitrogen and oxygen atoms in total. The second-order valence-corrected chi connectivity index (χ2v) is 8.16. The van der Waals surface area contributed by atoms with E-state index < -0.39 is 0 Å². The molecule has 0 atom stereocenters. The third-order valence-corrected chi connectivity index (χ3v) is 6.33. The summed E-state index contributed by atoms with van der Waals surface area (Å²) in [7, 11) is 0. The molecule has 5 rings (SSSR count). The zero-order valence-electron chi connectivity index (χ0n) is 15.1. The van der Waals surface area contributed by atoms with Gasteiger partial charge in [-0.2, -0.15) is 0 Å². The molecule has 1 aliphatic heterocycles. The van der Waals surface area contributed by atoms with Crippen molar-refractivity contribution in [3.63, 3.8) is 0 Å². The van der Waals surface area contributed by atoms with Crippen LogP contribution in [0.15, 0.2) is 78.9 Å². The van der Waals surface area contributed by atoms with Crippen LogP contribution in [0.3, 0.4) is 0 Å². The Morgan fingerprint density at radius 2 is 1.56 bits per heavy atom. The maximum Gasteiger partial charge on any atom is 0.127 e. The highest BCUT2D eigenvalue weighted by Gasteiger charge is 2.20. The second kappa shape index (κ2) is 7.18. The molecule has 2 heterocycles. The summed E-state index contributed by atoms with van der Waals surface area (Å²) in [6, 6.07) is 27.2. The van der Waals surface area contributed by atoms with Gasteiger partial charge in [0.05, 0.1) is 0 Å². The van der Waals surface area contributed by atoms with Crippen LogP contribution in [0, 0.1) is 0 Å². The predicted molar refractivity (Wildman–Crippen MR) is 113 cm³/mol. The first-order valence-corrected chi connectivity index (χ1v) is 10.2. The molecule has 0 N–H and O–H groups in total. The lowest BCUT2D eigenvalue weighted by Crippen LogP contribution is -2.29. The zero-order valence-corrected chi connectivity index (χ0v) is 15.9. The Hall–Kier alpha value is -2.62. The molecule has 0 amide bonds. The van der Waals surface area contributed by atoms with Crippen molar-refractivity contribution in [1.29, 1.82) is 0 Å². The number of para-hydroxylation sites is 1. The molecule has 27 heavy (non-hydrogen) atoms. The number of fused-ring (bicyclic) bond motifs is 3. The van der Waals surface area contributed by atoms with Crippen molar-refractivity contribution in [2.45, 2.75) is 19.5 Å². The van der Waals surface area contributed by atoms with Crippen LogP contribution in [-0.2, 0) is 19.5 Å². The average Bonchev–Trinajstić information content (AvgIpc) is 3.08. The lowest BCUT2D eigenvalue weighted by atomic mass is 10.0. The SMILES string of the molecule is c1ccc(Oc2ccc(CN3CCc4c(sc5ccccc45)C3)cc2)cc1. The summed E-state index contributed by atoms with van der Waals surface area (Å²) in [4.78, 5) is 4.08. The highest BCUT2D eigenvalue weighted by molar-refractivity contribution is 7.19. The van der Waals surface area contributed by atoms with Gasteiger partial charge in [0.15, 0.2) is 0 Å². The summed E-state index contributed by atoms with van der Waals surface area (Å²) in [6.45, 7) is 3.16. The summed E-state index contributed by atoms with van der Waals surface area (Å²) in [5.74, 6) is 1.76. The Morgan fingerprint density at radius 3 is 2.41 bits per heavy atom. The molecular weight excluding hydrogens is 350 g/mol. The number of nitrogens with zero attached hydrogens (tertiary/aromatic N) is 1. The van der Waals surface area contributed by atoms with E-state index in [2.05, 4.69) is 53.4 Å². The average molecular weight is 372 g/mol. The van der Waals surface area contributed by atoms with Gasteiger partial charge in [0.2, 0.25) is 0 Å². The zero-order chi connectivity index (χ0) is 18.1. The lowest BCUT2D eigenvalue weighted by Gasteiger charge is -2.27. The molecule has 0 saturated carbocycles. The fraction of sp³-hybridized carbons (Fsp3) is 0.167. The molecule has 0 bridgehead atoms. The smallest absolute Gasteiger partial charge is 0.127 e. The van der Waals surface area contributed by atoms with Gasteiger partial charge in [-0.05, 0) is 53.3 Å². The van der Waals surface area contributed by atoms with Crippen LogP contribution in [0.2, 0.25) is 0 Å². The van der Waals surface area contributed by atoms with E-state index in [1.165, 1.54) is 20.5 Å². The van der Waals surface area contributed by atoms with Gasteiger partial charge in [-0.25, -0.2) is 0 Å². The van der Waals surface area contributed by atoms with E-state index in [0.717, 1.165) is 37.6 Å². The summed E-state index contributed by atoms with van der Waals surface area (Å²) >= 11 is 1.96. The van der Waals surface area contributed by atoms with Crippen LogP contribution >= 0.6 is 11.3 Å². The molecule has 134 valence electrons. The number of benzene rings is 3.